The lowest BCUT2D eigenvalue weighted by Gasteiger charge is -2.37. The molecule has 2 unspecified atom stereocenters. The van der Waals surface area contributed by atoms with E-state index in [0.717, 1.165) is 19.4 Å². The molecule has 2 aliphatic heterocycles. The summed E-state index contributed by atoms with van der Waals surface area (Å²) in [7, 11) is 0. The van der Waals surface area contributed by atoms with Gasteiger partial charge in [0.1, 0.15) is 0 Å². The number of carbonyl (C=O) groups is 1. The molecule has 2 aliphatic rings. The average Bonchev–Trinajstić information content (AvgIpc) is 2.89. The second kappa shape index (κ2) is 6.39. The molecule has 1 amide bonds. The number of likely N-dealkylation sites (tertiary alicyclic amines) is 1. The topological polar surface area (TPSA) is 55.6 Å². The summed E-state index contributed by atoms with van der Waals surface area (Å²) in [5, 5.41) is 0. The van der Waals surface area contributed by atoms with Gasteiger partial charge in [-0.2, -0.15) is 0 Å². The number of nitrogens with two attached hydrogens (primary N) is 1. The minimum atomic E-state index is -0.714. The molecule has 22 heavy (non-hydrogen) atoms. The lowest BCUT2D eigenvalue weighted by molar-refractivity contribution is -0.141. The molecule has 120 valence electrons. The van der Waals surface area contributed by atoms with Crippen LogP contribution in [0.4, 0.5) is 0 Å². The van der Waals surface area contributed by atoms with Crippen molar-refractivity contribution in [2.75, 3.05) is 19.8 Å². The lowest BCUT2D eigenvalue weighted by Crippen LogP contribution is -2.59. The molecule has 0 aromatic heterocycles. The molecule has 0 saturated carbocycles. The Balaban J connectivity index is 1.65. The van der Waals surface area contributed by atoms with E-state index in [-0.39, 0.29) is 11.9 Å². The van der Waals surface area contributed by atoms with E-state index < -0.39 is 5.54 Å². The highest BCUT2D eigenvalue weighted by atomic mass is 16.5. The third-order valence-corrected chi connectivity index (χ3v) is 5.33. The van der Waals surface area contributed by atoms with Crippen molar-refractivity contribution in [2.24, 2.45) is 11.7 Å². The molecule has 3 rings (SSSR count). The summed E-state index contributed by atoms with van der Waals surface area (Å²) in [6, 6.07) is 10.8. The maximum absolute atomic E-state index is 12.9. The normalized spacial score (nSPS) is 27.8. The smallest absolute Gasteiger partial charge is 0.243 e. The first-order valence-corrected chi connectivity index (χ1v) is 8.32. The van der Waals surface area contributed by atoms with Crippen LogP contribution in [0.2, 0.25) is 0 Å². The van der Waals surface area contributed by atoms with E-state index in [0.29, 0.717) is 32.0 Å². The van der Waals surface area contributed by atoms with Gasteiger partial charge >= 0.3 is 0 Å². The Kier molecular flexibility index (Phi) is 4.50. The number of rotatable bonds is 3. The summed E-state index contributed by atoms with van der Waals surface area (Å²) in [4.78, 5) is 14.9. The number of nitrogens with zero attached hydrogens (tertiary/aromatic N) is 1. The summed E-state index contributed by atoms with van der Waals surface area (Å²) in [6.07, 6.45) is 3.37. The van der Waals surface area contributed by atoms with Gasteiger partial charge in [-0.15, -0.1) is 0 Å². The largest absolute Gasteiger partial charge is 0.381 e. The Labute approximate surface area is 132 Å². The minimum Gasteiger partial charge on any atom is -0.381 e. The van der Waals surface area contributed by atoms with Crippen LogP contribution >= 0.6 is 0 Å². The summed E-state index contributed by atoms with van der Waals surface area (Å²) >= 11 is 0. The van der Waals surface area contributed by atoms with Gasteiger partial charge in [-0.05, 0) is 44.1 Å². The molecule has 0 radical (unpaired) electrons. The zero-order chi connectivity index (χ0) is 15.6. The Morgan fingerprint density at radius 3 is 2.68 bits per heavy atom. The van der Waals surface area contributed by atoms with Crippen molar-refractivity contribution in [3.63, 3.8) is 0 Å². The molecule has 1 aromatic rings. The fourth-order valence-electron chi connectivity index (χ4n) is 3.72. The van der Waals surface area contributed by atoms with Gasteiger partial charge in [0.05, 0.1) is 5.54 Å². The summed E-state index contributed by atoms with van der Waals surface area (Å²) in [5.41, 5.74) is 7.01. The first-order valence-electron chi connectivity index (χ1n) is 8.32. The predicted octanol–water partition coefficient (Wildman–Crippen LogP) is 1.97. The third-order valence-electron chi connectivity index (χ3n) is 5.33. The van der Waals surface area contributed by atoms with Crippen molar-refractivity contribution >= 4 is 5.91 Å². The minimum absolute atomic E-state index is 0.124. The SMILES string of the molecule is CC1C(Cc2ccccc2)CCN1C(=O)C1(N)CCOCC1. The van der Waals surface area contributed by atoms with Crippen molar-refractivity contribution in [1.29, 1.82) is 0 Å². The van der Waals surface area contributed by atoms with E-state index in [2.05, 4.69) is 31.2 Å². The van der Waals surface area contributed by atoms with Gasteiger partial charge in [0, 0.05) is 25.8 Å². The molecule has 2 N–H and O–H groups in total. The molecule has 2 heterocycles. The van der Waals surface area contributed by atoms with Crippen LogP contribution in [-0.4, -0.2) is 42.1 Å². The second-order valence-corrected chi connectivity index (χ2v) is 6.75. The van der Waals surface area contributed by atoms with E-state index in [1.165, 1.54) is 5.56 Å². The fraction of sp³-hybridized carbons (Fsp3) is 0.611. The standard InChI is InChI=1S/C18H26N2O2/c1-14-16(13-15-5-3-2-4-6-15)7-10-20(14)17(21)18(19)8-11-22-12-9-18/h2-6,14,16H,7-13,19H2,1H3. The van der Waals surface area contributed by atoms with Gasteiger partial charge in [0.2, 0.25) is 5.91 Å². The maximum atomic E-state index is 12.9. The van der Waals surface area contributed by atoms with Crippen LogP contribution in [0.25, 0.3) is 0 Å². The molecule has 0 aliphatic carbocycles. The van der Waals surface area contributed by atoms with E-state index in [1.807, 2.05) is 11.0 Å². The van der Waals surface area contributed by atoms with Crippen LogP contribution in [0.3, 0.4) is 0 Å². The van der Waals surface area contributed by atoms with E-state index >= 15 is 0 Å². The molecular weight excluding hydrogens is 276 g/mol. The average molecular weight is 302 g/mol. The van der Waals surface area contributed by atoms with Crippen LogP contribution in [-0.2, 0) is 16.0 Å². The highest BCUT2D eigenvalue weighted by molar-refractivity contribution is 5.86. The van der Waals surface area contributed by atoms with Crippen molar-refractivity contribution in [3.05, 3.63) is 35.9 Å². The molecule has 2 saturated heterocycles. The van der Waals surface area contributed by atoms with Gasteiger partial charge < -0.3 is 15.4 Å². The van der Waals surface area contributed by atoms with Crippen LogP contribution in [0.5, 0.6) is 0 Å². The number of amides is 1. The number of carbonyl (C=O) groups excluding carboxylic acids is 1. The van der Waals surface area contributed by atoms with Crippen LogP contribution in [0.15, 0.2) is 30.3 Å². The zero-order valence-corrected chi connectivity index (χ0v) is 13.3. The lowest BCUT2D eigenvalue weighted by atomic mass is 9.88. The van der Waals surface area contributed by atoms with E-state index in [9.17, 15) is 4.79 Å². The van der Waals surface area contributed by atoms with Crippen LogP contribution < -0.4 is 5.73 Å². The number of ether oxygens (including phenoxy) is 1. The molecule has 2 fully saturated rings. The number of benzene rings is 1. The van der Waals surface area contributed by atoms with Crippen LogP contribution in [0.1, 0.15) is 31.7 Å². The van der Waals surface area contributed by atoms with Crippen molar-refractivity contribution < 1.29 is 9.53 Å². The first-order chi connectivity index (χ1) is 10.6. The highest BCUT2D eigenvalue weighted by Crippen LogP contribution is 2.31. The van der Waals surface area contributed by atoms with Gasteiger partial charge in [-0.1, -0.05) is 30.3 Å². The number of hydrogen-bond donors (Lipinski definition) is 1. The summed E-state index contributed by atoms with van der Waals surface area (Å²) < 4.78 is 5.35. The van der Waals surface area contributed by atoms with Crippen LogP contribution in [0, 0.1) is 5.92 Å². The van der Waals surface area contributed by atoms with Crippen molar-refractivity contribution in [3.8, 4) is 0 Å². The van der Waals surface area contributed by atoms with E-state index in [4.69, 9.17) is 10.5 Å². The Morgan fingerprint density at radius 2 is 2.00 bits per heavy atom. The predicted molar refractivity (Wildman–Crippen MR) is 86.4 cm³/mol. The van der Waals surface area contributed by atoms with E-state index in [1.54, 1.807) is 0 Å². The van der Waals surface area contributed by atoms with Gasteiger partial charge in [-0.3, -0.25) is 4.79 Å². The van der Waals surface area contributed by atoms with Gasteiger partial charge in [0.15, 0.2) is 0 Å². The molecule has 2 atom stereocenters. The fourth-order valence-corrected chi connectivity index (χ4v) is 3.72. The maximum Gasteiger partial charge on any atom is 0.243 e. The molecule has 1 aromatic carbocycles. The number of hydrogen-bond acceptors (Lipinski definition) is 3. The molecule has 4 heteroatoms. The van der Waals surface area contributed by atoms with Gasteiger partial charge in [0.25, 0.3) is 0 Å². The molecule has 4 nitrogen and oxygen atoms in total. The van der Waals surface area contributed by atoms with Crippen molar-refractivity contribution in [1.82, 2.24) is 4.90 Å². The van der Waals surface area contributed by atoms with Gasteiger partial charge in [-0.25, -0.2) is 0 Å². The quantitative estimate of drug-likeness (QED) is 0.929. The molecular formula is C18H26N2O2. The molecule has 0 spiro atoms. The zero-order valence-electron chi connectivity index (χ0n) is 13.3. The molecule has 0 bridgehead atoms. The highest BCUT2D eigenvalue weighted by Gasteiger charge is 2.43. The third kappa shape index (κ3) is 3.03. The second-order valence-electron chi connectivity index (χ2n) is 6.75. The first kappa shape index (κ1) is 15.5. The Morgan fingerprint density at radius 1 is 1.32 bits per heavy atom. The summed E-state index contributed by atoms with van der Waals surface area (Å²) in [6.45, 7) is 4.19. The van der Waals surface area contributed by atoms with Crippen molar-refractivity contribution in [2.45, 2.75) is 44.2 Å². The Bertz CT molecular complexity index is 511. The Hall–Kier alpha value is -1.39. The monoisotopic (exact) mass is 302 g/mol. The summed E-state index contributed by atoms with van der Waals surface area (Å²) in [5.74, 6) is 0.647.